The van der Waals surface area contributed by atoms with Gasteiger partial charge < -0.3 is 15.0 Å². The van der Waals surface area contributed by atoms with Crippen LogP contribution in [0, 0.1) is 17.4 Å². The third-order valence-electron chi connectivity index (χ3n) is 7.22. The lowest BCUT2D eigenvalue weighted by Gasteiger charge is -2.63. The van der Waals surface area contributed by atoms with Gasteiger partial charge >= 0.3 is 0 Å². The van der Waals surface area contributed by atoms with E-state index in [-0.39, 0.29) is 28.9 Å². The Morgan fingerprint density at radius 2 is 1.71 bits per heavy atom. The van der Waals surface area contributed by atoms with Gasteiger partial charge in [0, 0.05) is 54.1 Å². The number of ether oxygens (including phenoxy) is 1. The number of amides is 1. The maximum absolute atomic E-state index is 13.1. The van der Waals surface area contributed by atoms with Crippen molar-refractivity contribution in [2.45, 2.75) is 52.7 Å². The van der Waals surface area contributed by atoms with Crippen molar-refractivity contribution in [1.29, 1.82) is 0 Å². The van der Waals surface area contributed by atoms with E-state index >= 15 is 0 Å². The average Bonchev–Trinajstić information content (AvgIpc) is 2.81. The van der Waals surface area contributed by atoms with Crippen LogP contribution in [0.2, 0.25) is 5.02 Å². The molecule has 0 aromatic heterocycles. The summed E-state index contributed by atoms with van der Waals surface area (Å²) in [5.41, 5.74) is 1.40. The highest BCUT2D eigenvalue weighted by molar-refractivity contribution is 6.33. The zero-order chi connectivity index (χ0) is 24.7. The van der Waals surface area contributed by atoms with Crippen molar-refractivity contribution in [1.82, 2.24) is 5.32 Å². The number of hydrogen-bond donors (Lipinski definition) is 1. The standard InChI is InChI=1S/C27H30ClN3O3/c1-26(2)24(27(3,4)25(26)34-20-10-11-22(29-5)21(28)16-20)30-23(33)17-6-8-18(9-7-17)31-14-12-19(32)13-15-31/h6-11,16,24-25H,12-15H2,1-4H3,(H,30,33). The molecule has 178 valence electrons. The highest BCUT2D eigenvalue weighted by Gasteiger charge is 2.64. The maximum Gasteiger partial charge on any atom is 0.251 e. The van der Waals surface area contributed by atoms with E-state index in [1.165, 1.54) is 0 Å². The zero-order valence-corrected chi connectivity index (χ0v) is 20.8. The summed E-state index contributed by atoms with van der Waals surface area (Å²) in [6.45, 7) is 16.9. The van der Waals surface area contributed by atoms with Crippen molar-refractivity contribution in [3.63, 3.8) is 0 Å². The number of piperidine rings is 1. The van der Waals surface area contributed by atoms with Gasteiger partial charge in [0.25, 0.3) is 5.91 Å². The summed E-state index contributed by atoms with van der Waals surface area (Å²) in [6, 6.07) is 12.6. The van der Waals surface area contributed by atoms with E-state index < -0.39 is 0 Å². The molecule has 2 fully saturated rings. The molecular formula is C27H30ClN3O3. The molecule has 2 aromatic rings. The molecular weight excluding hydrogens is 450 g/mol. The van der Waals surface area contributed by atoms with Gasteiger partial charge in [-0.2, -0.15) is 0 Å². The Bertz CT molecular complexity index is 1120. The van der Waals surface area contributed by atoms with Gasteiger partial charge in [-0.05, 0) is 36.4 Å². The molecule has 2 aliphatic rings. The van der Waals surface area contributed by atoms with Gasteiger partial charge in [0.2, 0.25) is 5.69 Å². The largest absolute Gasteiger partial charge is 0.489 e. The minimum atomic E-state index is -0.315. The molecule has 1 saturated carbocycles. The van der Waals surface area contributed by atoms with Crippen molar-refractivity contribution >= 4 is 34.7 Å². The van der Waals surface area contributed by atoms with Crippen LogP contribution < -0.4 is 15.0 Å². The number of rotatable bonds is 5. The summed E-state index contributed by atoms with van der Waals surface area (Å²) in [4.78, 5) is 30.1. The Balaban J connectivity index is 1.42. The second-order valence-corrected chi connectivity index (χ2v) is 10.8. The molecule has 0 atom stereocenters. The van der Waals surface area contributed by atoms with Crippen LogP contribution in [-0.2, 0) is 4.79 Å². The van der Waals surface area contributed by atoms with Crippen LogP contribution in [0.4, 0.5) is 11.4 Å². The van der Waals surface area contributed by atoms with Crippen LogP contribution in [-0.4, -0.2) is 36.9 Å². The molecule has 6 nitrogen and oxygen atoms in total. The fourth-order valence-electron chi connectivity index (χ4n) is 5.64. The van der Waals surface area contributed by atoms with Gasteiger partial charge in [-0.1, -0.05) is 45.4 Å². The SMILES string of the molecule is [C-]#[N+]c1ccc(OC2C(C)(C)C(NC(=O)c3ccc(N4CCC(=O)CC4)cc3)C2(C)C)cc1Cl. The van der Waals surface area contributed by atoms with Gasteiger partial charge in [-0.25, -0.2) is 4.85 Å². The van der Waals surface area contributed by atoms with Crippen molar-refractivity contribution in [3.8, 4) is 5.75 Å². The monoisotopic (exact) mass is 479 g/mol. The third-order valence-corrected chi connectivity index (χ3v) is 7.53. The highest BCUT2D eigenvalue weighted by atomic mass is 35.5. The molecule has 2 aromatic carbocycles. The Morgan fingerprint density at radius 3 is 2.26 bits per heavy atom. The highest BCUT2D eigenvalue weighted by Crippen LogP contribution is 2.55. The molecule has 1 saturated heterocycles. The summed E-state index contributed by atoms with van der Waals surface area (Å²) in [7, 11) is 0. The molecule has 1 amide bonds. The minimum Gasteiger partial charge on any atom is -0.489 e. The van der Waals surface area contributed by atoms with E-state index in [9.17, 15) is 9.59 Å². The van der Waals surface area contributed by atoms with Gasteiger partial charge in [0.05, 0.1) is 11.6 Å². The number of nitrogens with one attached hydrogen (secondary N) is 1. The van der Waals surface area contributed by atoms with E-state index in [0.29, 0.717) is 40.6 Å². The number of benzene rings is 2. The van der Waals surface area contributed by atoms with Crippen LogP contribution in [0.3, 0.4) is 0 Å². The predicted octanol–water partition coefficient (Wildman–Crippen LogP) is 5.67. The summed E-state index contributed by atoms with van der Waals surface area (Å²) in [5.74, 6) is 0.807. The van der Waals surface area contributed by atoms with Crippen LogP contribution in [0.15, 0.2) is 42.5 Å². The second-order valence-electron chi connectivity index (χ2n) is 10.3. The Morgan fingerprint density at radius 1 is 1.09 bits per heavy atom. The zero-order valence-electron chi connectivity index (χ0n) is 20.0. The molecule has 7 heteroatoms. The normalized spacial score (nSPS) is 22.9. The van der Waals surface area contributed by atoms with E-state index in [1.54, 1.807) is 18.2 Å². The van der Waals surface area contributed by atoms with Crippen molar-refractivity contribution in [2.24, 2.45) is 10.8 Å². The Hall–Kier alpha value is -3.04. The molecule has 1 aliphatic heterocycles. The predicted molar refractivity (Wildman–Crippen MR) is 134 cm³/mol. The number of halogens is 1. The van der Waals surface area contributed by atoms with Crippen molar-refractivity contribution in [3.05, 3.63) is 64.5 Å². The van der Waals surface area contributed by atoms with Gasteiger partial charge in [0.15, 0.2) is 0 Å². The summed E-state index contributed by atoms with van der Waals surface area (Å²) in [6.07, 6.45) is 1.00. The first-order chi connectivity index (χ1) is 16.0. The lowest BCUT2D eigenvalue weighted by Crippen LogP contribution is -2.74. The molecule has 0 radical (unpaired) electrons. The number of carbonyl (C=O) groups excluding carboxylic acids is 2. The van der Waals surface area contributed by atoms with E-state index in [4.69, 9.17) is 22.9 Å². The number of hydrogen-bond acceptors (Lipinski definition) is 4. The fourth-order valence-corrected chi connectivity index (χ4v) is 5.85. The third kappa shape index (κ3) is 4.37. The first-order valence-electron chi connectivity index (χ1n) is 11.6. The van der Waals surface area contributed by atoms with Crippen LogP contribution in [0.25, 0.3) is 4.85 Å². The van der Waals surface area contributed by atoms with Crippen molar-refractivity contribution in [2.75, 3.05) is 18.0 Å². The molecule has 4 rings (SSSR count). The number of nitrogens with zero attached hydrogens (tertiary/aromatic N) is 2. The van der Waals surface area contributed by atoms with Crippen molar-refractivity contribution < 1.29 is 14.3 Å². The van der Waals surface area contributed by atoms with E-state index in [0.717, 1.165) is 18.8 Å². The Labute approximate surface area is 206 Å². The molecule has 1 aliphatic carbocycles. The summed E-state index contributed by atoms with van der Waals surface area (Å²) < 4.78 is 6.30. The van der Waals surface area contributed by atoms with Crippen LogP contribution in [0.1, 0.15) is 50.9 Å². The first kappa shape index (κ1) is 24.1. The number of carbonyl (C=O) groups is 2. The van der Waals surface area contributed by atoms with Gasteiger partial charge in [0.1, 0.15) is 17.6 Å². The molecule has 0 spiro atoms. The molecule has 1 N–H and O–H groups in total. The van der Waals surface area contributed by atoms with Gasteiger partial charge in [-0.3, -0.25) is 9.59 Å². The number of anilines is 1. The summed E-state index contributed by atoms with van der Waals surface area (Å²) >= 11 is 6.18. The van der Waals surface area contributed by atoms with E-state index in [1.807, 2.05) is 24.3 Å². The van der Waals surface area contributed by atoms with Crippen LogP contribution in [0.5, 0.6) is 5.75 Å². The fraction of sp³-hybridized carbons (Fsp3) is 0.444. The average molecular weight is 480 g/mol. The maximum atomic E-state index is 13.1. The summed E-state index contributed by atoms with van der Waals surface area (Å²) in [5, 5.41) is 3.59. The minimum absolute atomic E-state index is 0.0942. The smallest absolute Gasteiger partial charge is 0.251 e. The number of Topliss-reactive ketones (excluding diaryl/α,β-unsaturated/α-hetero) is 1. The second kappa shape index (κ2) is 8.96. The van der Waals surface area contributed by atoms with E-state index in [2.05, 4.69) is 42.8 Å². The molecule has 0 bridgehead atoms. The van der Waals surface area contributed by atoms with Crippen LogP contribution >= 0.6 is 11.6 Å². The molecule has 1 heterocycles. The lowest BCUT2D eigenvalue weighted by molar-refractivity contribution is -0.164. The topological polar surface area (TPSA) is 63.0 Å². The molecule has 0 unspecified atom stereocenters. The molecule has 34 heavy (non-hydrogen) atoms. The van der Waals surface area contributed by atoms with Gasteiger partial charge in [-0.15, -0.1) is 0 Å². The number of ketones is 1. The first-order valence-corrected chi connectivity index (χ1v) is 11.9. The Kier molecular flexibility index (Phi) is 6.35. The quantitative estimate of drug-likeness (QED) is 0.561. The lowest BCUT2D eigenvalue weighted by atomic mass is 9.49.